The van der Waals surface area contributed by atoms with Gasteiger partial charge in [0.2, 0.25) is 0 Å². The normalized spacial score (nSPS) is 13.5. The van der Waals surface area contributed by atoms with Crippen LogP contribution < -0.4 is 4.74 Å². The van der Waals surface area contributed by atoms with Crippen molar-refractivity contribution in [1.29, 1.82) is 0 Å². The fourth-order valence-electron chi connectivity index (χ4n) is 2.10. The molecule has 0 spiro atoms. The van der Waals surface area contributed by atoms with Crippen molar-refractivity contribution in [1.82, 2.24) is 9.78 Å². The van der Waals surface area contributed by atoms with E-state index in [1.54, 1.807) is 0 Å². The molecule has 0 bridgehead atoms. The van der Waals surface area contributed by atoms with E-state index in [4.69, 9.17) is 16.3 Å². The smallest absolute Gasteiger partial charge is 0.129 e. The van der Waals surface area contributed by atoms with E-state index in [2.05, 4.69) is 37.0 Å². The number of aromatic nitrogens is 2. The number of hydrogen-bond donors (Lipinski definition) is 0. The van der Waals surface area contributed by atoms with Crippen LogP contribution in [0.15, 0.2) is 27.4 Å². The summed E-state index contributed by atoms with van der Waals surface area (Å²) in [6, 6.07) is 5.82. The maximum atomic E-state index is 6.13. The van der Waals surface area contributed by atoms with Gasteiger partial charge in [-0.1, -0.05) is 11.6 Å². The SMILES string of the molecule is Clc1cc2c(c(Cn3nc(Br)cc3Br)c1)OCC2. The molecular weight excluding hydrogens is 383 g/mol. The standard InChI is InChI=1S/C12H9Br2ClN2O/c13-10-5-11(14)17(16-10)6-8-4-9(15)3-7-1-2-18-12(7)8/h3-5H,1-2,6H2. The van der Waals surface area contributed by atoms with Gasteiger partial charge in [0.25, 0.3) is 0 Å². The van der Waals surface area contributed by atoms with Crippen LogP contribution >= 0.6 is 43.5 Å². The van der Waals surface area contributed by atoms with Gasteiger partial charge in [-0.05, 0) is 49.6 Å². The molecule has 0 fully saturated rings. The molecule has 2 heterocycles. The van der Waals surface area contributed by atoms with Crippen LogP contribution in [0.3, 0.4) is 0 Å². The first-order chi connectivity index (χ1) is 8.63. The summed E-state index contributed by atoms with van der Waals surface area (Å²) < 4.78 is 9.25. The van der Waals surface area contributed by atoms with E-state index in [-0.39, 0.29) is 0 Å². The Hall–Kier alpha value is -0.520. The van der Waals surface area contributed by atoms with E-state index in [0.717, 1.165) is 38.6 Å². The molecule has 0 atom stereocenters. The van der Waals surface area contributed by atoms with Crippen molar-refractivity contribution in [3.8, 4) is 5.75 Å². The molecule has 0 radical (unpaired) electrons. The minimum Gasteiger partial charge on any atom is -0.493 e. The second-order valence-corrected chi connectivity index (χ2v) is 6.16. The van der Waals surface area contributed by atoms with E-state index in [0.29, 0.717) is 6.54 Å². The molecule has 1 aliphatic rings. The van der Waals surface area contributed by atoms with Crippen molar-refractivity contribution in [2.24, 2.45) is 0 Å². The minimum absolute atomic E-state index is 0.634. The average molecular weight is 392 g/mol. The van der Waals surface area contributed by atoms with Crippen molar-refractivity contribution in [3.63, 3.8) is 0 Å². The van der Waals surface area contributed by atoms with Crippen LogP contribution in [-0.2, 0) is 13.0 Å². The highest BCUT2D eigenvalue weighted by atomic mass is 79.9. The van der Waals surface area contributed by atoms with E-state index in [9.17, 15) is 0 Å². The lowest BCUT2D eigenvalue weighted by atomic mass is 10.1. The maximum Gasteiger partial charge on any atom is 0.129 e. The number of hydrogen-bond acceptors (Lipinski definition) is 2. The van der Waals surface area contributed by atoms with Crippen molar-refractivity contribution < 1.29 is 4.74 Å². The van der Waals surface area contributed by atoms with Crippen molar-refractivity contribution in [3.05, 3.63) is 43.6 Å². The molecule has 6 heteroatoms. The fourth-order valence-corrected chi connectivity index (χ4v) is 3.50. The van der Waals surface area contributed by atoms with Gasteiger partial charge in [0.05, 0.1) is 13.2 Å². The molecule has 1 aromatic heterocycles. The van der Waals surface area contributed by atoms with Crippen LogP contribution in [0, 0.1) is 0 Å². The fraction of sp³-hybridized carbons (Fsp3) is 0.250. The van der Waals surface area contributed by atoms with E-state index in [1.165, 1.54) is 5.56 Å². The van der Waals surface area contributed by atoms with Gasteiger partial charge in [0, 0.05) is 23.1 Å². The molecule has 3 nitrogen and oxygen atoms in total. The Bertz CT molecular complexity index is 612. The lowest BCUT2D eigenvalue weighted by molar-refractivity contribution is 0.352. The average Bonchev–Trinajstić information content (AvgIpc) is 2.86. The van der Waals surface area contributed by atoms with Gasteiger partial charge in [0.15, 0.2) is 0 Å². The lowest BCUT2D eigenvalue weighted by Gasteiger charge is -2.09. The molecule has 18 heavy (non-hydrogen) atoms. The third-order valence-corrected chi connectivity index (χ3v) is 4.09. The molecule has 1 aromatic carbocycles. The molecule has 0 amide bonds. The molecule has 0 unspecified atom stereocenters. The number of nitrogens with zero attached hydrogens (tertiary/aromatic N) is 2. The van der Waals surface area contributed by atoms with Gasteiger partial charge in [-0.15, -0.1) is 0 Å². The highest BCUT2D eigenvalue weighted by Gasteiger charge is 2.18. The highest BCUT2D eigenvalue weighted by Crippen LogP contribution is 2.33. The monoisotopic (exact) mass is 390 g/mol. The Morgan fingerprint density at radius 2 is 2.17 bits per heavy atom. The predicted octanol–water partition coefficient (Wildman–Crippen LogP) is 4.04. The first-order valence-corrected chi connectivity index (χ1v) is 7.43. The Morgan fingerprint density at radius 1 is 1.33 bits per heavy atom. The van der Waals surface area contributed by atoms with Crippen molar-refractivity contribution in [2.45, 2.75) is 13.0 Å². The van der Waals surface area contributed by atoms with E-state index in [1.807, 2.05) is 22.9 Å². The summed E-state index contributed by atoms with van der Waals surface area (Å²) in [6.45, 7) is 1.36. The summed E-state index contributed by atoms with van der Waals surface area (Å²) >= 11 is 13.0. The number of ether oxygens (including phenoxy) is 1. The summed E-state index contributed by atoms with van der Waals surface area (Å²) in [6.07, 6.45) is 0.923. The summed E-state index contributed by atoms with van der Waals surface area (Å²) in [5, 5.41) is 5.10. The zero-order chi connectivity index (χ0) is 12.7. The van der Waals surface area contributed by atoms with Gasteiger partial charge in [0.1, 0.15) is 15.0 Å². The highest BCUT2D eigenvalue weighted by molar-refractivity contribution is 9.11. The molecule has 0 N–H and O–H groups in total. The summed E-state index contributed by atoms with van der Waals surface area (Å²) in [4.78, 5) is 0. The summed E-state index contributed by atoms with van der Waals surface area (Å²) in [5.74, 6) is 0.956. The molecular formula is C12H9Br2ClN2O. The van der Waals surface area contributed by atoms with Gasteiger partial charge in [-0.3, -0.25) is 4.68 Å². The zero-order valence-electron chi connectivity index (χ0n) is 9.29. The molecule has 2 aromatic rings. The number of benzene rings is 1. The predicted molar refractivity (Wildman–Crippen MR) is 77.4 cm³/mol. The Labute approximate surface area is 126 Å². The molecule has 1 aliphatic heterocycles. The topological polar surface area (TPSA) is 27.1 Å². The van der Waals surface area contributed by atoms with Crippen LogP contribution in [0.2, 0.25) is 5.02 Å². The number of fused-ring (bicyclic) bond motifs is 1. The largest absolute Gasteiger partial charge is 0.493 e. The Balaban J connectivity index is 2.00. The van der Waals surface area contributed by atoms with E-state index < -0.39 is 0 Å². The van der Waals surface area contributed by atoms with Crippen molar-refractivity contribution in [2.75, 3.05) is 6.61 Å². The zero-order valence-corrected chi connectivity index (χ0v) is 13.2. The first-order valence-electron chi connectivity index (χ1n) is 5.46. The van der Waals surface area contributed by atoms with Crippen LogP contribution in [0.4, 0.5) is 0 Å². The van der Waals surface area contributed by atoms with Gasteiger partial charge < -0.3 is 4.74 Å². The van der Waals surface area contributed by atoms with Crippen LogP contribution in [-0.4, -0.2) is 16.4 Å². The lowest BCUT2D eigenvalue weighted by Crippen LogP contribution is -2.03. The third kappa shape index (κ3) is 2.31. The summed E-state index contributed by atoms with van der Waals surface area (Å²) in [5.41, 5.74) is 2.24. The second-order valence-electron chi connectivity index (χ2n) is 4.10. The Kier molecular flexibility index (Phi) is 3.38. The first kappa shape index (κ1) is 12.5. The van der Waals surface area contributed by atoms with Gasteiger partial charge in [-0.2, -0.15) is 5.10 Å². The number of rotatable bonds is 2. The summed E-state index contributed by atoms with van der Waals surface area (Å²) in [7, 11) is 0. The molecule has 0 saturated carbocycles. The van der Waals surface area contributed by atoms with Crippen LogP contribution in [0.1, 0.15) is 11.1 Å². The van der Waals surface area contributed by atoms with Gasteiger partial charge >= 0.3 is 0 Å². The molecule has 3 rings (SSSR count). The Morgan fingerprint density at radius 3 is 2.89 bits per heavy atom. The quantitative estimate of drug-likeness (QED) is 0.771. The number of halogens is 3. The van der Waals surface area contributed by atoms with Gasteiger partial charge in [-0.25, -0.2) is 0 Å². The third-order valence-electron chi connectivity index (χ3n) is 2.85. The van der Waals surface area contributed by atoms with Crippen LogP contribution in [0.25, 0.3) is 0 Å². The van der Waals surface area contributed by atoms with E-state index >= 15 is 0 Å². The van der Waals surface area contributed by atoms with Crippen LogP contribution in [0.5, 0.6) is 5.75 Å². The van der Waals surface area contributed by atoms with Crippen molar-refractivity contribution >= 4 is 43.5 Å². The maximum absolute atomic E-state index is 6.13. The molecule has 94 valence electrons. The second kappa shape index (κ2) is 4.87. The molecule has 0 aliphatic carbocycles. The minimum atomic E-state index is 0.634. The molecule has 0 saturated heterocycles.